The second-order valence-corrected chi connectivity index (χ2v) is 5.51. The predicted molar refractivity (Wildman–Crippen MR) is 75.5 cm³/mol. The molecule has 2 rings (SSSR count). The number of ether oxygens (including phenoxy) is 1. The lowest BCUT2D eigenvalue weighted by molar-refractivity contribution is -0.479. The molecule has 1 heterocycles. The van der Waals surface area contributed by atoms with Crippen molar-refractivity contribution in [3.63, 3.8) is 0 Å². The first kappa shape index (κ1) is 13.4. The van der Waals surface area contributed by atoms with Crippen molar-refractivity contribution in [1.82, 2.24) is 0 Å². The topological polar surface area (TPSA) is 52.4 Å². The van der Waals surface area contributed by atoms with Gasteiger partial charge in [-0.15, -0.1) is 0 Å². The molecule has 0 spiro atoms. The molecule has 5 heteroatoms. The first-order valence-electron chi connectivity index (χ1n) is 6.11. The molecule has 4 nitrogen and oxygen atoms in total. The van der Waals surface area contributed by atoms with Gasteiger partial charge in [0.05, 0.1) is 14.5 Å². The molecular weight excluding hydrogens is 258 g/mol. The summed E-state index contributed by atoms with van der Waals surface area (Å²) in [6, 6.07) is 13.8. The van der Waals surface area contributed by atoms with Gasteiger partial charge in [0.25, 0.3) is 0 Å². The maximum atomic E-state index is 10.3. The quantitative estimate of drug-likeness (QED) is 0.460. The van der Waals surface area contributed by atoms with Crippen LogP contribution >= 0.6 is 0 Å². The van der Waals surface area contributed by atoms with E-state index in [1.165, 1.54) is 0 Å². The van der Waals surface area contributed by atoms with Gasteiger partial charge in [0.2, 0.25) is 6.54 Å². The summed E-state index contributed by atoms with van der Waals surface area (Å²) in [7, 11) is 0.112. The Hall–Kier alpha value is -2.01. The third-order valence-electron chi connectivity index (χ3n) is 2.75. The molecule has 0 amide bonds. The third kappa shape index (κ3) is 4.63. The Balaban J connectivity index is 1.86. The molecule has 98 valence electrons. The lowest BCUT2D eigenvalue weighted by Gasteiger charge is -2.06. The molecule has 0 bridgehead atoms. The van der Waals surface area contributed by atoms with Crippen molar-refractivity contribution in [3.05, 3.63) is 69.4 Å². The zero-order valence-corrected chi connectivity index (χ0v) is 11.6. The zero-order valence-electron chi connectivity index (χ0n) is 10.5. The summed E-state index contributed by atoms with van der Waals surface area (Å²) in [4.78, 5) is 10.00. The minimum atomic E-state index is -0.292. The first-order valence-corrected chi connectivity index (χ1v) is 7.36. The van der Waals surface area contributed by atoms with E-state index in [0.717, 1.165) is 16.5 Å². The monoisotopic (exact) mass is 273 g/mol. The highest BCUT2D eigenvalue weighted by molar-refractivity contribution is 6.33. The summed E-state index contributed by atoms with van der Waals surface area (Å²) < 4.78 is 5.71. The summed E-state index contributed by atoms with van der Waals surface area (Å²) in [6.45, 7) is 0.532. The van der Waals surface area contributed by atoms with Crippen molar-refractivity contribution >= 4 is 9.12 Å². The second-order valence-electron chi connectivity index (χ2n) is 4.22. The minimum absolute atomic E-state index is 0.0196. The molecule has 0 unspecified atom stereocenters. The minimum Gasteiger partial charge on any atom is -0.495 e. The van der Waals surface area contributed by atoms with E-state index in [1.54, 1.807) is 0 Å². The molecule has 0 atom stereocenters. The van der Waals surface area contributed by atoms with Crippen LogP contribution in [0.15, 0.2) is 48.1 Å². The molecule has 0 radical (unpaired) electrons. The van der Waals surface area contributed by atoms with Gasteiger partial charge >= 0.3 is 0 Å². The van der Waals surface area contributed by atoms with E-state index < -0.39 is 0 Å². The first-order chi connectivity index (χ1) is 9.24. The molecule has 0 fully saturated rings. The van der Waals surface area contributed by atoms with Gasteiger partial charge in [0.15, 0.2) is 0 Å². The Morgan fingerprint density at radius 1 is 1.11 bits per heavy atom. The maximum Gasteiger partial charge on any atom is 0.207 e. The van der Waals surface area contributed by atoms with E-state index in [2.05, 4.69) is 5.68 Å². The fraction of sp³-hybridized carbons (Fsp3) is 0.214. The van der Waals surface area contributed by atoms with E-state index >= 15 is 0 Å². The van der Waals surface area contributed by atoms with Gasteiger partial charge in [-0.05, 0) is 17.2 Å². The fourth-order valence-electron chi connectivity index (χ4n) is 1.71. The van der Waals surface area contributed by atoms with Crippen molar-refractivity contribution < 1.29 is 9.66 Å². The van der Waals surface area contributed by atoms with Crippen molar-refractivity contribution in [2.45, 2.75) is 13.0 Å². The zero-order chi connectivity index (χ0) is 13.5. The fourth-order valence-corrected chi connectivity index (χ4v) is 2.54. The Morgan fingerprint density at radius 3 is 2.47 bits per heavy atom. The Labute approximate surface area is 113 Å². The van der Waals surface area contributed by atoms with Crippen LogP contribution in [0.1, 0.15) is 11.1 Å². The molecule has 1 aromatic heterocycles. The Kier molecular flexibility index (Phi) is 4.80. The van der Waals surface area contributed by atoms with Crippen molar-refractivity contribution in [3.8, 4) is 5.36 Å². The SMILES string of the molecule is O=[N+]([O-])CCc1ccc(COc2cccc[siH]2)cc1. The van der Waals surface area contributed by atoms with Gasteiger partial charge in [0.1, 0.15) is 6.61 Å². The lowest BCUT2D eigenvalue weighted by Crippen LogP contribution is -2.04. The van der Waals surface area contributed by atoms with E-state index in [4.69, 9.17) is 4.74 Å². The van der Waals surface area contributed by atoms with Crippen LogP contribution in [0.2, 0.25) is 0 Å². The number of nitro groups is 1. The number of hydrogen-bond donors (Lipinski definition) is 0. The van der Waals surface area contributed by atoms with Crippen molar-refractivity contribution in [2.24, 2.45) is 0 Å². The third-order valence-corrected chi connectivity index (χ3v) is 3.86. The average Bonchev–Trinajstić information content (AvgIpc) is 2.45. The number of hydrogen-bond acceptors (Lipinski definition) is 3. The van der Waals surface area contributed by atoms with Crippen LogP contribution < -0.4 is 4.74 Å². The van der Waals surface area contributed by atoms with Crippen LogP contribution in [-0.4, -0.2) is 20.6 Å². The molecule has 0 N–H and O–H groups in total. The predicted octanol–water partition coefficient (Wildman–Crippen LogP) is 2.16. The lowest BCUT2D eigenvalue weighted by atomic mass is 10.1. The maximum absolute atomic E-state index is 10.3. The van der Waals surface area contributed by atoms with E-state index in [9.17, 15) is 10.1 Å². The van der Waals surface area contributed by atoms with Gasteiger partial charge in [-0.25, -0.2) is 0 Å². The van der Waals surface area contributed by atoms with Crippen LogP contribution in [0.3, 0.4) is 0 Å². The molecule has 0 saturated carbocycles. The smallest absolute Gasteiger partial charge is 0.207 e. The summed E-state index contributed by atoms with van der Waals surface area (Å²) in [5.74, 6) is 0. The van der Waals surface area contributed by atoms with Crippen molar-refractivity contribution in [2.75, 3.05) is 6.54 Å². The van der Waals surface area contributed by atoms with Crippen LogP contribution in [0.5, 0.6) is 5.36 Å². The highest BCUT2D eigenvalue weighted by Gasteiger charge is 2.00. The summed E-state index contributed by atoms with van der Waals surface area (Å²) in [5.41, 5.74) is 4.20. The largest absolute Gasteiger partial charge is 0.495 e. The van der Waals surface area contributed by atoms with Gasteiger partial charge in [-0.1, -0.05) is 42.1 Å². The summed E-state index contributed by atoms with van der Waals surface area (Å²) >= 11 is 0. The molecule has 19 heavy (non-hydrogen) atoms. The van der Waals surface area contributed by atoms with E-state index in [1.807, 2.05) is 42.5 Å². The van der Waals surface area contributed by atoms with Gasteiger partial charge in [0, 0.05) is 11.3 Å². The normalized spacial score (nSPS) is 10.1. The Bertz CT molecular complexity index is 528. The average molecular weight is 273 g/mol. The Morgan fingerprint density at radius 2 is 1.84 bits per heavy atom. The van der Waals surface area contributed by atoms with Crippen LogP contribution in [-0.2, 0) is 13.0 Å². The van der Waals surface area contributed by atoms with E-state index in [-0.39, 0.29) is 20.6 Å². The highest BCUT2D eigenvalue weighted by atomic mass is 28.2. The van der Waals surface area contributed by atoms with E-state index in [0.29, 0.717) is 13.0 Å². The number of rotatable bonds is 6. The summed E-state index contributed by atoms with van der Waals surface area (Å²) in [6.07, 6.45) is 0.475. The number of benzene rings is 1. The van der Waals surface area contributed by atoms with Crippen LogP contribution in [0, 0.1) is 10.1 Å². The van der Waals surface area contributed by atoms with Crippen LogP contribution in [0.4, 0.5) is 0 Å². The molecular formula is C14H15NO3Si. The van der Waals surface area contributed by atoms with Crippen LogP contribution in [0.25, 0.3) is 0 Å². The molecule has 0 aliphatic heterocycles. The second kappa shape index (κ2) is 6.80. The molecule has 2 aromatic rings. The molecule has 1 aromatic carbocycles. The molecule has 0 aliphatic carbocycles. The van der Waals surface area contributed by atoms with Gasteiger partial charge in [-0.3, -0.25) is 10.1 Å². The molecule has 0 saturated heterocycles. The highest BCUT2D eigenvalue weighted by Crippen LogP contribution is 2.09. The molecule has 0 aliphatic rings. The standard InChI is InChI=1S/C14H15NO3Si/c16-15(17)9-8-12-4-6-13(7-5-12)11-18-14-3-1-2-10-19-14/h1-7,10,19H,8-9,11H2. The van der Waals surface area contributed by atoms with Gasteiger partial charge < -0.3 is 4.74 Å². The number of nitrogens with zero attached hydrogens (tertiary/aromatic N) is 1. The summed E-state index contributed by atoms with van der Waals surface area (Å²) in [5, 5.41) is 11.3. The van der Waals surface area contributed by atoms with Crippen molar-refractivity contribution in [1.29, 1.82) is 0 Å². The van der Waals surface area contributed by atoms with Gasteiger partial charge in [-0.2, -0.15) is 0 Å².